The lowest BCUT2D eigenvalue weighted by molar-refractivity contribution is 0.362. The summed E-state index contributed by atoms with van der Waals surface area (Å²) in [6, 6.07) is 7.01. The van der Waals surface area contributed by atoms with Crippen LogP contribution in [0, 0.1) is 5.92 Å². The Hall–Kier alpha value is -0.540. The van der Waals surface area contributed by atoms with E-state index >= 15 is 0 Å². The van der Waals surface area contributed by atoms with Crippen molar-refractivity contribution in [2.45, 2.75) is 45.1 Å². The maximum absolute atomic E-state index is 3.61. The second-order valence-corrected chi connectivity index (χ2v) is 7.01. The van der Waals surface area contributed by atoms with E-state index in [4.69, 9.17) is 0 Å². The minimum Gasteiger partial charge on any atom is -0.374 e. The maximum Gasteiger partial charge on any atom is 0.0423 e. The highest BCUT2D eigenvalue weighted by atomic mass is 79.9. The van der Waals surface area contributed by atoms with Gasteiger partial charge in [-0.2, -0.15) is 0 Å². The molecule has 0 aromatic heterocycles. The molecule has 1 fully saturated rings. The zero-order valence-electron chi connectivity index (χ0n) is 13.0. The summed E-state index contributed by atoms with van der Waals surface area (Å²) in [5.41, 5.74) is 2.74. The molecule has 0 radical (unpaired) electrons. The van der Waals surface area contributed by atoms with Crippen LogP contribution in [0.4, 0.5) is 5.69 Å². The van der Waals surface area contributed by atoms with Gasteiger partial charge in [0.1, 0.15) is 0 Å². The van der Waals surface area contributed by atoms with Crippen LogP contribution in [0.5, 0.6) is 0 Å². The molecule has 2 nitrogen and oxygen atoms in total. The molecule has 20 heavy (non-hydrogen) atoms. The molecule has 1 unspecified atom stereocenters. The van der Waals surface area contributed by atoms with Gasteiger partial charge in [0.15, 0.2) is 0 Å². The number of rotatable bonds is 5. The van der Waals surface area contributed by atoms with Crippen molar-refractivity contribution >= 4 is 21.6 Å². The van der Waals surface area contributed by atoms with Crippen LogP contribution in [0.2, 0.25) is 0 Å². The number of nitrogens with zero attached hydrogens (tertiary/aromatic N) is 1. The van der Waals surface area contributed by atoms with Gasteiger partial charge in [0.2, 0.25) is 0 Å². The Labute approximate surface area is 132 Å². The first-order valence-corrected chi connectivity index (χ1v) is 8.59. The topological polar surface area (TPSA) is 15.3 Å². The predicted molar refractivity (Wildman–Crippen MR) is 91.5 cm³/mol. The Kier molecular flexibility index (Phi) is 5.91. The first-order chi connectivity index (χ1) is 9.61. The van der Waals surface area contributed by atoms with E-state index in [-0.39, 0.29) is 0 Å². The van der Waals surface area contributed by atoms with Gasteiger partial charge in [-0.25, -0.2) is 0 Å². The number of halogens is 1. The molecule has 0 amide bonds. The van der Waals surface area contributed by atoms with Crippen LogP contribution in [0.15, 0.2) is 22.7 Å². The molecule has 1 aromatic carbocycles. The molecule has 112 valence electrons. The average Bonchev–Trinajstić information content (AvgIpc) is 2.47. The lowest BCUT2D eigenvalue weighted by Crippen LogP contribution is -2.28. The molecule has 0 bridgehead atoms. The fraction of sp³-hybridized carbons (Fsp3) is 0.647. The van der Waals surface area contributed by atoms with Crippen molar-refractivity contribution in [1.82, 2.24) is 5.32 Å². The van der Waals surface area contributed by atoms with E-state index < -0.39 is 0 Å². The SMILES string of the molecule is CNC(C)c1ccc(Br)cc1N(C)CC1CCCCC1. The van der Waals surface area contributed by atoms with Crippen molar-refractivity contribution in [2.24, 2.45) is 5.92 Å². The predicted octanol–water partition coefficient (Wildman–Crippen LogP) is 4.75. The molecule has 3 heteroatoms. The molecule has 0 heterocycles. The van der Waals surface area contributed by atoms with E-state index in [1.54, 1.807) is 0 Å². The molecule has 1 atom stereocenters. The summed E-state index contributed by atoms with van der Waals surface area (Å²) in [4.78, 5) is 2.45. The largest absolute Gasteiger partial charge is 0.374 e. The summed E-state index contributed by atoms with van der Waals surface area (Å²) in [7, 11) is 4.26. The van der Waals surface area contributed by atoms with E-state index in [9.17, 15) is 0 Å². The third-order valence-electron chi connectivity index (χ3n) is 4.56. The standard InChI is InChI=1S/C17H27BrN2/c1-13(19-2)16-10-9-15(18)11-17(16)20(3)12-14-7-5-4-6-8-14/h9-11,13-14,19H,4-8,12H2,1-3H3. The van der Waals surface area contributed by atoms with Crippen LogP contribution in [-0.2, 0) is 0 Å². The van der Waals surface area contributed by atoms with Gasteiger partial charge in [0, 0.05) is 29.8 Å². The van der Waals surface area contributed by atoms with E-state index in [2.05, 4.69) is 58.3 Å². The van der Waals surface area contributed by atoms with Gasteiger partial charge in [0.05, 0.1) is 0 Å². The van der Waals surface area contributed by atoms with Gasteiger partial charge >= 0.3 is 0 Å². The Morgan fingerprint density at radius 1 is 1.30 bits per heavy atom. The molecule has 0 saturated heterocycles. The van der Waals surface area contributed by atoms with Crippen LogP contribution in [0.25, 0.3) is 0 Å². The van der Waals surface area contributed by atoms with Gasteiger partial charge in [-0.15, -0.1) is 0 Å². The third kappa shape index (κ3) is 3.98. The minimum atomic E-state index is 0.381. The van der Waals surface area contributed by atoms with Crippen molar-refractivity contribution in [3.8, 4) is 0 Å². The lowest BCUT2D eigenvalue weighted by Gasteiger charge is -2.31. The quantitative estimate of drug-likeness (QED) is 0.833. The van der Waals surface area contributed by atoms with Crippen LogP contribution in [0.1, 0.15) is 50.6 Å². The van der Waals surface area contributed by atoms with Gasteiger partial charge in [-0.3, -0.25) is 0 Å². The van der Waals surface area contributed by atoms with Crippen molar-refractivity contribution < 1.29 is 0 Å². The molecule has 1 N–H and O–H groups in total. The highest BCUT2D eigenvalue weighted by molar-refractivity contribution is 9.10. The van der Waals surface area contributed by atoms with Gasteiger partial charge in [0.25, 0.3) is 0 Å². The first-order valence-electron chi connectivity index (χ1n) is 7.79. The fourth-order valence-corrected chi connectivity index (χ4v) is 3.57. The summed E-state index contributed by atoms with van der Waals surface area (Å²) in [6.45, 7) is 3.40. The van der Waals surface area contributed by atoms with Crippen molar-refractivity contribution in [3.05, 3.63) is 28.2 Å². The molecule has 1 aromatic rings. The van der Waals surface area contributed by atoms with E-state index in [1.165, 1.54) is 49.9 Å². The van der Waals surface area contributed by atoms with Crippen LogP contribution >= 0.6 is 15.9 Å². The number of nitrogens with one attached hydrogen (secondary N) is 1. The summed E-state index contributed by atoms with van der Waals surface area (Å²) >= 11 is 3.61. The van der Waals surface area contributed by atoms with Gasteiger partial charge in [-0.05, 0) is 50.4 Å². The Bertz CT molecular complexity index is 427. The fourth-order valence-electron chi connectivity index (χ4n) is 3.22. The monoisotopic (exact) mass is 338 g/mol. The smallest absolute Gasteiger partial charge is 0.0423 e. The molecule has 0 aliphatic heterocycles. The summed E-state index contributed by atoms with van der Waals surface area (Å²) in [6.07, 6.45) is 7.05. The summed E-state index contributed by atoms with van der Waals surface area (Å²) in [5.74, 6) is 0.866. The normalized spacial score (nSPS) is 18.0. The molecule has 1 aliphatic rings. The zero-order valence-corrected chi connectivity index (χ0v) is 14.5. The van der Waals surface area contributed by atoms with E-state index in [1.807, 2.05) is 7.05 Å². The Morgan fingerprint density at radius 2 is 2.00 bits per heavy atom. The van der Waals surface area contributed by atoms with Crippen molar-refractivity contribution in [1.29, 1.82) is 0 Å². The maximum atomic E-state index is 3.61. The Balaban J connectivity index is 2.14. The second-order valence-electron chi connectivity index (χ2n) is 6.10. The number of benzene rings is 1. The highest BCUT2D eigenvalue weighted by Gasteiger charge is 2.18. The van der Waals surface area contributed by atoms with Gasteiger partial charge in [-0.1, -0.05) is 41.3 Å². The zero-order chi connectivity index (χ0) is 14.5. The molecule has 0 spiro atoms. The van der Waals surface area contributed by atoms with Crippen molar-refractivity contribution in [3.63, 3.8) is 0 Å². The average molecular weight is 339 g/mol. The molecular weight excluding hydrogens is 312 g/mol. The summed E-state index contributed by atoms with van der Waals surface area (Å²) in [5, 5.41) is 3.36. The number of hydrogen-bond acceptors (Lipinski definition) is 2. The minimum absolute atomic E-state index is 0.381. The van der Waals surface area contributed by atoms with Crippen LogP contribution in [-0.4, -0.2) is 20.6 Å². The summed E-state index contributed by atoms with van der Waals surface area (Å²) < 4.78 is 1.16. The van der Waals surface area contributed by atoms with E-state index in [0.717, 1.165) is 10.4 Å². The van der Waals surface area contributed by atoms with Crippen molar-refractivity contribution in [2.75, 3.05) is 25.5 Å². The third-order valence-corrected chi connectivity index (χ3v) is 5.05. The molecular formula is C17H27BrN2. The van der Waals surface area contributed by atoms with Crippen LogP contribution < -0.4 is 10.2 Å². The highest BCUT2D eigenvalue weighted by Crippen LogP contribution is 2.31. The second kappa shape index (κ2) is 7.46. The number of anilines is 1. The number of hydrogen-bond donors (Lipinski definition) is 1. The first kappa shape index (κ1) is 15.8. The molecule has 1 saturated carbocycles. The van der Waals surface area contributed by atoms with Gasteiger partial charge < -0.3 is 10.2 Å². The molecule has 2 rings (SSSR count). The van der Waals surface area contributed by atoms with Crippen LogP contribution in [0.3, 0.4) is 0 Å². The van der Waals surface area contributed by atoms with E-state index in [0.29, 0.717) is 6.04 Å². The molecule has 1 aliphatic carbocycles. The Morgan fingerprint density at radius 3 is 2.65 bits per heavy atom. The lowest BCUT2D eigenvalue weighted by atomic mass is 9.89.